The molecule has 5 rings (SSSR count). The van der Waals surface area contributed by atoms with Crippen molar-refractivity contribution in [1.82, 2.24) is 34.9 Å². The van der Waals surface area contributed by atoms with E-state index in [-0.39, 0.29) is 17.4 Å². The fourth-order valence-corrected chi connectivity index (χ4v) is 4.46. The molecule has 0 aliphatic rings. The number of nitrogens with zero attached hydrogens (tertiary/aromatic N) is 7. The zero-order valence-corrected chi connectivity index (χ0v) is 21.7. The van der Waals surface area contributed by atoms with Crippen molar-refractivity contribution in [2.75, 3.05) is 5.32 Å². The highest BCUT2D eigenvalue weighted by Gasteiger charge is 2.23. The van der Waals surface area contributed by atoms with Crippen LogP contribution in [0.2, 0.25) is 5.02 Å². The van der Waals surface area contributed by atoms with E-state index in [4.69, 9.17) is 16.1 Å². The molecule has 13 heteroatoms. The van der Waals surface area contributed by atoms with Crippen LogP contribution in [0.3, 0.4) is 0 Å². The van der Waals surface area contributed by atoms with Gasteiger partial charge in [0.2, 0.25) is 5.82 Å². The summed E-state index contributed by atoms with van der Waals surface area (Å²) < 4.78 is 8.09. The number of anilines is 1. The first-order valence-corrected chi connectivity index (χ1v) is 12.0. The number of carbonyl (C=O) groups excluding carboxylic acids is 1. The fourth-order valence-electron chi connectivity index (χ4n) is 3.32. The number of pyridine rings is 1. The van der Waals surface area contributed by atoms with Crippen LogP contribution in [0.25, 0.3) is 28.8 Å². The van der Waals surface area contributed by atoms with E-state index in [2.05, 4.69) is 67.4 Å². The van der Waals surface area contributed by atoms with Crippen LogP contribution in [0.5, 0.6) is 0 Å². The maximum absolute atomic E-state index is 13.4. The van der Waals surface area contributed by atoms with Gasteiger partial charge in [-0.2, -0.15) is 10.1 Å². The Kier molecular flexibility index (Phi) is 6.41. The molecule has 0 unspecified atom stereocenters. The van der Waals surface area contributed by atoms with Crippen LogP contribution in [0, 0.1) is 6.92 Å². The summed E-state index contributed by atoms with van der Waals surface area (Å²) in [6.45, 7) is 1.85. The van der Waals surface area contributed by atoms with Crippen molar-refractivity contribution in [2.45, 2.75) is 6.92 Å². The highest BCUT2D eigenvalue weighted by Crippen LogP contribution is 2.34. The van der Waals surface area contributed by atoms with Gasteiger partial charge in [-0.05, 0) is 52.7 Å². The predicted octanol–water partition coefficient (Wildman–Crippen LogP) is 5.51. The second-order valence-corrected chi connectivity index (χ2v) is 9.32. The summed E-state index contributed by atoms with van der Waals surface area (Å²) in [6.07, 6.45) is 6.19. The standard InChI is InChI=1S/C22H13Br2ClN8O2/c1-11-7-12(23)8-13(22-30-19(32-35-22)15-10-26-5-6-27-15)18(11)29-21(34)16-9-17(24)31-33(16)20-14(25)3-2-4-28-20/h2-10H,1H3,(H,29,34). The molecule has 35 heavy (non-hydrogen) atoms. The number of amides is 1. The van der Waals surface area contributed by atoms with E-state index in [1.807, 2.05) is 13.0 Å². The number of carbonyl (C=O) groups is 1. The summed E-state index contributed by atoms with van der Waals surface area (Å²) in [5, 5.41) is 11.6. The van der Waals surface area contributed by atoms with Crippen molar-refractivity contribution >= 4 is 55.1 Å². The molecular formula is C22H13Br2ClN8O2. The van der Waals surface area contributed by atoms with Gasteiger partial charge in [-0.25, -0.2) is 14.6 Å². The monoisotopic (exact) mass is 614 g/mol. The molecule has 4 aromatic heterocycles. The van der Waals surface area contributed by atoms with Gasteiger partial charge < -0.3 is 9.84 Å². The number of nitrogens with one attached hydrogen (secondary N) is 1. The Balaban J connectivity index is 1.54. The number of halogens is 3. The normalized spacial score (nSPS) is 11.0. The van der Waals surface area contributed by atoms with Crippen LogP contribution in [0.4, 0.5) is 5.69 Å². The van der Waals surface area contributed by atoms with Crippen molar-refractivity contribution in [1.29, 1.82) is 0 Å². The summed E-state index contributed by atoms with van der Waals surface area (Å²) in [5.74, 6) is 0.358. The molecule has 0 saturated carbocycles. The molecule has 0 atom stereocenters. The maximum Gasteiger partial charge on any atom is 0.274 e. The topological polar surface area (TPSA) is 125 Å². The van der Waals surface area contributed by atoms with Crippen LogP contribution in [0.15, 0.2) is 68.7 Å². The zero-order valence-electron chi connectivity index (χ0n) is 17.8. The first-order valence-electron chi connectivity index (χ1n) is 9.99. The van der Waals surface area contributed by atoms with Crippen LogP contribution < -0.4 is 5.32 Å². The SMILES string of the molecule is Cc1cc(Br)cc(-c2nc(-c3cnccn3)no2)c1NC(=O)c1cc(Br)nn1-c1ncccc1Cl. The van der Waals surface area contributed by atoms with Crippen LogP contribution >= 0.6 is 43.5 Å². The first kappa shape index (κ1) is 23.3. The third-order valence-corrected chi connectivity index (χ3v) is 5.98. The molecule has 1 amide bonds. The minimum absolute atomic E-state index is 0.202. The number of rotatable bonds is 5. The largest absolute Gasteiger partial charge is 0.333 e. The number of aryl methyl sites for hydroxylation is 1. The van der Waals surface area contributed by atoms with Crippen molar-refractivity contribution in [2.24, 2.45) is 0 Å². The Hall–Kier alpha value is -3.48. The molecule has 5 aromatic rings. The second-order valence-electron chi connectivity index (χ2n) is 7.19. The van der Waals surface area contributed by atoms with Gasteiger partial charge in [0.25, 0.3) is 11.8 Å². The van der Waals surface area contributed by atoms with Crippen LogP contribution in [-0.2, 0) is 0 Å². The lowest BCUT2D eigenvalue weighted by molar-refractivity contribution is 0.101. The highest BCUT2D eigenvalue weighted by atomic mass is 79.9. The Labute approximate surface area is 220 Å². The second kappa shape index (κ2) is 9.64. The molecule has 1 N–H and O–H groups in total. The lowest BCUT2D eigenvalue weighted by Gasteiger charge is -2.13. The molecule has 0 saturated heterocycles. The number of hydrogen-bond acceptors (Lipinski definition) is 8. The molecule has 1 aromatic carbocycles. The van der Waals surface area contributed by atoms with Gasteiger partial charge in [-0.1, -0.05) is 32.7 Å². The van der Waals surface area contributed by atoms with E-state index in [0.717, 1.165) is 10.0 Å². The summed E-state index contributed by atoms with van der Waals surface area (Å²) in [5.41, 5.74) is 2.46. The Morgan fingerprint density at radius 1 is 1.14 bits per heavy atom. The summed E-state index contributed by atoms with van der Waals surface area (Å²) in [6, 6.07) is 8.58. The third-order valence-electron chi connectivity index (χ3n) is 4.84. The van der Waals surface area contributed by atoms with Gasteiger partial charge in [0, 0.05) is 29.1 Å². The van der Waals surface area contributed by atoms with E-state index in [1.54, 1.807) is 36.7 Å². The molecule has 0 aliphatic heterocycles. The van der Waals surface area contributed by atoms with E-state index in [9.17, 15) is 4.79 Å². The molecule has 0 aliphatic carbocycles. The van der Waals surface area contributed by atoms with Gasteiger partial charge in [-0.3, -0.25) is 9.78 Å². The molecule has 0 radical (unpaired) electrons. The molecule has 4 heterocycles. The average molecular weight is 617 g/mol. The van der Waals surface area contributed by atoms with Gasteiger partial charge in [0.05, 0.1) is 22.5 Å². The molecular weight excluding hydrogens is 604 g/mol. The van der Waals surface area contributed by atoms with E-state index in [0.29, 0.717) is 32.4 Å². The van der Waals surface area contributed by atoms with E-state index < -0.39 is 5.91 Å². The third kappa shape index (κ3) is 4.72. The van der Waals surface area contributed by atoms with Crippen molar-refractivity contribution in [3.8, 4) is 28.8 Å². The Morgan fingerprint density at radius 3 is 2.77 bits per heavy atom. The minimum Gasteiger partial charge on any atom is -0.333 e. The van der Waals surface area contributed by atoms with Gasteiger partial charge in [0.1, 0.15) is 16.0 Å². The molecule has 174 valence electrons. The average Bonchev–Trinajstić information content (AvgIpc) is 3.49. The molecule has 10 nitrogen and oxygen atoms in total. The lowest BCUT2D eigenvalue weighted by atomic mass is 10.1. The first-order chi connectivity index (χ1) is 16.9. The van der Waals surface area contributed by atoms with Crippen LogP contribution in [0.1, 0.15) is 16.1 Å². The van der Waals surface area contributed by atoms with Crippen molar-refractivity contribution in [3.63, 3.8) is 0 Å². The summed E-state index contributed by atoms with van der Waals surface area (Å²) in [4.78, 5) is 30.3. The minimum atomic E-state index is -0.440. The van der Waals surface area contributed by atoms with Crippen molar-refractivity contribution in [3.05, 3.63) is 80.5 Å². The predicted molar refractivity (Wildman–Crippen MR) is 135 cm³/mol. The smallest absolute Gasteiger partial charge is 0.274 e. The summed E-state index contributed by atoms with van der Waals surface area (Å²) in [7, 11) is 0. The van der Waals surface area contributed by atoms with Crippen molar-refractivity contribution < 1.29 is 9.32 Å². The Morgan fingerprint density at radius 2 is 2.00 bits per heavy atom. The quantitative estimate of drug-likeness (QED) is 0.274. The zero-order chi connectivity index (χ0) is 24.5. The number of benzene rings is 1. The van der Waals surface area contributed by atoms with Gasteiger partial charge >= 0.3 is 0 Å². The molecule has 0 fully saturated rings. The maximum atomic E-state index is 13.4. The Bertz CT molecular complexity index is 1550. The molecule has 0 bridgehead atoms. The van der Waals surface area contributed by atoms with Gasteiger partial charge in [0.15, 0.2) is 5.82 Å². The van der Waals surface area contributed by atoms with E-state index in [1.165, 1.54) is 17.1 Å². The number of hydrogen-bond donors (Lipinski definition) is 1. The van der Waals surface area contributed by atoms with Crippen LogP contribution in [-0.4, -0.2) is 40.8 Å². The van der Waals surface area contributed by atoms with Gasteiger partial charge in [-0.15, -0.1) is 0 Å². The van der Waals surface area contributed by atoms with E-state index >= 15 is 0 Å². The number of aromatic nitrogens is 7. The summed E-state index contributed by atoms with van der Waals surface area (Å²) >= 11 is 13.1. The molecule has 0 spiro atoms. The lowest BCUT2D eigenvalue weighted by Crippen LogP contribution is -2.19. The fraction of sp³-hybridized carbons (Fsp3) is 0.0455. The highest BCUT2D eigenvalue weighted by molar-refractivity contribution is 9.10.